The minimum absolute atomic E-state index is 1.35. The van der Waals surface area contributed by atoms with E-state index in [4.69, 9.17) is 0 Å². The Kier molecular flexibility index (Phi) is 5.07. The lowest BCUT2D eigenvalue weighted by molar-refractivity contribution is 1.89. The molecule has 6 aromatic heterocycles. The molecule has 146 valence electrons. The van der Waals surface area contributed by atoms with Gasteiger partial charge in [0.2, 0.25) is 0 Å². The minimum atomic E-state index is 1.35. The van der Waals surface area contributed by atoms with Crippen LogP contribution in [0.2, 0.25) is 0 Å². The smallest absolute Gasteiger partial charge is 0.0449 e. The predicted octanol–water partition coefficient (Wildman–Crippen LogP) is 10.4. The number of hydrogen-bond acceptors (Lipinski definition) is 6. The maximum Gasteiger partial charge on any atom is 0.0449 e. The molecule has 0 bridgehead atoms. The fourth-order valence-corrected chi connectivity index (χ4v) is 9.21. The van der Waals surface area contributed by atoms with Crippen LogP contribution in [0.15, 0.2) is 83.6 Å². The zero-order valence-corrected chi connectivity index (χ0v) is 20.4. The lowest BCUT2D eigenvalue weighted by atomic mass is 10.3. The van der Waals surface area contributed by atoms with Crippen LogP contribution in [0.3, 0.4) is 0 Å². The number of thiophene rings is 6. The molecular weight excluding hydrogens is 481 g/mol. The van der Waals surface area contributed by atoms with Crippen molar-refractivity contribution in [2.24, 2.45) is 0 Å². The average Bonchev–Trinajstić information content (AvgIpc) is 3.62. The number of rotatable bonds is 5. The molecule has 0 aromatic carbocycles. The topological polar surface area (TPSA) is 0 Å². The molecule has 6 heteroatoms. The van der Waals surface area contributed by atoms with Gasteiger partial charge in [-0.15, -0.1) is 68.0 Å². The zero-order valence-electron chi connectivity index (χ0n) is 15.5. The van der Waals surface area contributed by atoms with Gasteiger partial charge in [0, 0.05) is 48.8 Å². The molecule has 0 aliphatic heterocycles. The summed E-state index contributed by atoms with van der Waals surface area (Å²) in [5.41, 5.74) is 0. The van der Waals surface area contributed by atoms with E-state index in [2.05, 4.69) is 83.6 Å². The highest BCUT2D eigenvalue weighted by atomic mass is 32.1. The van der Waals surface area contributed by atoms with Crippen LogP contribution in [0.25, 0.3) is 48.8 Å². The monoisotopic (exact) mass is 494 g/mol. The Morgan fingerprint density at radius 3 is 0.800 bits per heavy atom. The van der Waals surface area contributed by atoms with Crippen molar-refractivity contribution in [1.29, 1.82) is 0 Å². The third-order valence-corrected chi connectivity index (χ3v) is 11.7. The molecule has 0 saturated heterocycles. The van der Waals surface area contributed by atoms with Gasteiger partial charge in [0.25, 0.3) is 0 Å². The van der Waals surface area contributed by atoms with E-state index in [0.29, 0.717) is 0 Å². The standard InChI is InChI=1S/C24H14S6/c1-3-15(25-13-1)17-5-7-19(27-17)21-9-11-23(29-21)24-12-10-22(30-24)20-8-6-18(28-20)16-4-2-14-26-16/h1-14H. The lowest BCUT2D eigenvalue weighted by Gasteiger charge is -1.92. The van der Waals surface area contributed by atoms with Crippen LogP contribution in [-0.2, 0) is 0 Å². The van der Waals surface area contributed by atoms with E-state index in [-0.39, 0.29) is 0 Å². The SMILES string of the molecule is c1csc(-c2ccc(-c3ccc(-c4ccc(-c5ccc(-c6cccs6)s5)s4)s3)s2)c1. The van der Waals surface area contributed by atoms with E-state index in [9.17, 15) is 0 Å². The molecule has 6 aromatic rings. The molecule has 0 radical (unpaired) electrons. The first kappa shape index (κ1) is 18.9. The van der Waals surface area contributed by atoms with Crippen LogP contribution in [0.1, 0.15) is 0 Å². The summed E-state index contributed by atoms with van der Waals surface area (Å²) in [4.78, 5) is 13.5. The van der Waals surface area contributed by atoms with Crippen LogP contribution in [0.4, 0.5) is 0 Å². The van der Waals surface area contributed by atoms with E-state index >= 15 is 0 Å². The molecule has 0 atom stereocenters. The molecule has 6 heterocycles. The Morgan fingerprint density at radius 2 is 0.567 bits per heavy atom. The minimum Gasteiger partial charge on any atom is -0.143 e. The molecule has 0 aliphatic carbocycles. The van der Waals surface area contributed by atoms with Crippen LogP contribution in [-0.4, -0.2) is 0 Å². The van der Waals surface area contributed by atoms with Gasteiger partial charge in [0.05, 0.1) is 0 Å². The predicted molar refractivity (Wildman–Crippen MR) is 141 cm³/mol. The molecule has 0 amide bonds. The van der Waals surface area contributed by atoms with Crippen molar-refractivity contribution in [3.05, 3.63) is 83.6 Å². The Labute approximate surface area is 199 Å². The second-order valence-corrected chi connectivity index (χ2v) is 12.8. The first-order valence-corrected chi connectivity index (χ1v) is 14.3. The summed E-state index contributed by atoms with van der Waals surface area (Å²) in [6.45, 7) is 0. The molecule has 0 spiro atoms. The van der Waals surface area contributed by atoms with Crippen LogP contribution >= 0.6 is 68.0 Å². The van der Waals surface area contributed by atoms with Crippen molar-refractivity contribution in [2.75, 3.05) is 0 Å². The third-order valence-electron chi connectivity index (χ3n) is 4.68. The molecule has 0 fully saturated rings. The fourth-order valence-electron chi connectivity index (χ4n) is 3.25. The van der Waals surface area contributed by atoms with Crippen LogP contribution in [0.5, 0.6) is 0 Å². The summed E-state index contributed by atoms with van der Waals surface area (Å²) < 4.78 is 0. The quantitative estimate of drug-likeness (QED) is 0.223. The van der Waals surface area contributed by atoms with E-state index < -0.39 is 0 Å². The molecule has 0 nitrogen and oxygen atoms in total. The summed E-state index contributed by atoms with van der Waals surface area (Å²) in [7, 11) is 0. The first-order valence-electron chi connectivity index (χ1n) is 9.32. The highest BCUT2D eigenvalue weighted by Crippen LogP contribution is 2.45. The summed E-state index contributed by atoms with van der Waals surface area (Å²) in [5.74, 6) is 0. The van der Waals surface area contributed by atoms with Crippen molar-refractivity contribution >= 4 is 68.0 Å². The van der Waals surface area contributed by atoms with Gasteiger partial charge >= 0.3 is 0 Å². The highest BCUT2D eigenvalue weighted by molar-refractivity contribution is 7.30. The van der Waals surface area contributed by atoms with E-state index in [1.807, 2.05) is 45.3 Å². The molecule has 0 N–H and O–H groups in total. The van der Waals surface area contributed by atoms with Gasteiger partial charge in [-0.1, -0.05) is 12.1 Å². The second-order valence-electron chi connectivity index (χ2n) is 6.61. The van der Waals surface area contributed by atoms with Gasteiger partial charge in [0.15, 0.2) is 0 Å². The van der Waals surface area contributed by atoms with Crippen molar-refractivity contribution in [2.45, 2.75) is 0 Å². The first-order chi connectivity index (χ1) is 14.8. The van der Waals surface area contributed by atoms with Crippen LogP contribution < -0.4 is 0 Å². The van der Waals surface area contributed by atoms with Crippen molar-refractivity contribution < 1.29 is 0 Å². The van der Waals surface area contributed by atoms with E-state index in [1.165, 1.54) is 48.8 Å². The molecule has 6 rings (SSSR count). The number of hydrogen-bond donors (Lipinski definition) is 0. The van der Waals surface area contributed by atoms with Gasteiger partial charge in [-0.25, -0.2) is 0 Å². The molecule has 0 aliphatic rings. The van der Waals surface area contributed by atoms with E-state index in [0.717, 1.165) is 0 Å². The van der Waals surface area contributed by atoms with Crippen LogP contribution in [0, 0.1) is 0 Å². The van der Waals surface area contributed by atoms with Gasteiger partial charge in [-0.05, 0) is 71.4 Å². The van der Waals surface area contributed by atoms with Gasteiger partial charge in [0.1, 0.15) is 0 Å². The zero-order chi connectivity index (χ0) is 19.9. The summed E-state index contributed by atoms with van der Waals surface area (Å²) in [6, 6.07) is 26.7. The Bertz CT molecular complexity index is 1280. The Hall–Kier alpha value is -1.80. The van der Waals surface area contributed by atoms with Gasteiger partial charge < -0.3 is 0 Å². The fraction of sp³-hybridized carbons (Fsp3) is 0. The summed E-state index contributed by atoms with van der Waals surface area (Å²) in [5, 5.41) is 4.28. The Morgan fingerprint density at radius 1 is 0.300 bits per heavy atom. The Balaban J connectivity index is 1.26. The molecule has 0 saturated carbocycles. The van der Waals surface area contributed by atoms with E-state index in [1.54, 1.807) is 22.7 Å². The van der Waals surface area contributed by atoms with Gasteiger partial charge in [-0.3, -0.25) is 0 Å². The lowest BCUT2D eigenvalue weighted by Crippen LogP contribution is -1.58. The highest BCUT2D eigenvalue weighted by Gasteiger charge is 2.13. The molecule has 0 unspecified atom stereocenters. The van der Waals surface area contributed by atoms with Crippen molar-refractivity contribution in [3.8, 4) is 48.8 Å². The molecular formula is C24H14S6. The van der Waals surface area contributed by atoms with Crippen molar-refractivity contribution in [3.63, 3.8) is 0 Å². The maximum absolute atomic E-state index is 2.27. The van der Waals surface area contributed by atoms with Crippen molar-refractivity contribution in [1.82, 2.24) is 0 Å². The average molecular weight is 495 g/mol. The normalized spacial score (nSPS) is 11.3. The summed E-state index contributed by atoms with van der Waals surface area (Å²) >= 11 is 11.2. The van der Waals surface area contributed by atoms with Gasteiger partial charge in [-0.2, -0.15) is 0 Å². The maximum atomic E-state index is 2.27. The third kappa shape index (κ3) is 3.58. The second kappa shape index (κ2) is 8.04. The largest absolute Gasteiger partial charge is 0.143 e. The summed E-state index contributed by atoms with van der Waals surface area (Å²) in [6.07, 6.45) is 0. The molecule has 30 heavy (non-hydrogen) atoms.